The van der Waals surface area contributed by atoms with E-state index in [2.05, 4.69) is 85.5 Å². The van der Waals surface area contributed by atoms with E-state index in [1.54, 1.807) is 0 Å². The first-order valence-electron chi connectivity index (χ1n) is 9.38. The van der Waals surface area contributed by atoms with Crippen LogP contribution in [0.5, 0.6) is 0 Å². The van der Waals surface area contributed by atoms with Gasteiger partial charge in [0.25, 0.3) is 0 Å². The summed E-state index contributed by atoms with van der Waals surface area (Å²) < 4.78 is 43.8. The van der Waals surface area contributed by atoms with Crippen molar-refractivity contribution in [3.63, 3.8) is 0 Å². The van der Waals surface area contributed by atoms with Crippen molar-refractivity contribution in [2.75, 3.05) is 6.61 Å². The predicted octanol–water partition coefficient (Wildman–Crippen LogP) is 4.45. The Morgan fingerprint density at radius 1 is 0.824 bits per heavy atom. The van der Waals surface area contributed by atoms with Gasteiger partial charge in [-0.1, -0.05) is 0 Å². The van der Waals surface area contributed by atoms with Gasteiger partial charge in [0.15, 0.2) is 0 Å². The molecular formula is C26H21CrNO6. The SMILES string of the molecule is CCO[C](=[Cr])/C=C(\N=C(c1ccccc1)C1CC1)c1ccccc1.[C-]#[O+].[C-]#[O+].[C-]#[O+].[C-]#[O+].[C-]#[O+]. The Morgan fingerprint density at radius 2 is 1.24 bits per heavy atom. The number of benzene rings is 2. The fraction of sp³-hybridized carbons (Fsp3) is 0.192. The number of hydrogen-bond donors (Lipinski definition) is 0. The average molecular weight is 495 g/mol. The molecule has 8 heteroatoms. The molecule has 0 saturated heterocycles. The Morgan fingerprint density at radius 3 is 1.62 bits per heavy atom. The van der Waals surface area contributed by atoms with Crippen molar-refractivity contribution in [2.45, 2.75) is 19.8 Å². The molecule has 0 unspecified atom stereocenters. The molecule has 0 atom stereocenters. The Balaban J connectivity index is -0.000000854. The second-order valence-corrected chi connectivity index (χ2v) is 6.41. The van der Waals surface area contributed by atoms with Crippen molar-refractivity contribution in [3.05, 3.63) is 111 Å². The zero-order valence-corrected chi connectivity index (χ0v) is 19.6. The van der Waals surface area contributed by atoms with E-state index in [-0.39, 0.29) is 0 Å². The number of nitrogens with zero attached hydrogens (tertiary/aromatic N) is 1. The zero-order valence-electron chi connectivity index (χ0n) is 18.4. The molecule has 2 aromatic rings. The third-order valence-electron chi connectivity index (χ3n) is 3.89. The summed E-state index contributed by atoms with van der Waals surface area (Å²) in [6.45, 7) is 25.1. The van der Waals surface area contributed by atoms with Crippen LogP contribution in [0.4, 0.5) is 0 Å². The van der Waals surface area contributed by atoms with E-state index in [0.717, 1.165) is 15.8 Å². The molecule has 0 bridgehead atoms. The van der Waals surface area contributed by atoms with Crippen LogP contribution in [0.25, 0.3) is 5.70 Å². The molecule has 0 heterocycles. The van der Waals surface area contributed by atoms with Crippen molar-refractivity contribution in [1.29, 1.82) is 0 Å². The van der Waals surface area contributed by atoms with Crippen LogP contribution in [0.2, 0.25) is 0 Å². The van der Waals surface area contributed by atoms with Gasteiger partial charge in [-0.15, -0.1) is 0 Å². The topological polar surface area (TPSA) is 121 Å². The van der Waals surface area contributed by atoms with Gasteiger partial charge in [0, 0.05) is 0 Å². The van der Waals surface area contributed by atoms with Crippen LogP contribution in [-0.4, -0.2) is 16.9 Å². The molecule has 0 amide bonds. The zero-order chi connectivity index (χ0) is 26.8. The molecule has 172 valence electrons. The maximum atomic E-state index is 7.50. The van der Waals surface area contributed by atoms with Gasteiger partial charge in [0.05, 0.1) is 0 Å². The van der Waals surface area contributed by atoms with Gasteiger partial charge in [-0.25, -0.2) is 0 Å². The van der Waals surface area contributed by atoms with Gasteiger partial charge in [-0.05, 0) is 0 Å². The Bertz CT molecular complexity index is 934. The van der Waals surface area contributed by atoms with E-state index in [9.17, 15) is 0 Å². The van der Waals surface area contributed by atoms with Crippen molar-refractivity contribution in [3.8, 4) is 0 Å². The maximum absolute atomic E-state index is 7.50. The Hall–Kier alpha value is -3.09. The average Bonchev–Trinajstić information content (AvgIpc) is 3.79. The standard InChI is InChI=1S/C21H21NO.5CO.Cr/c1-2-23-16-15-20(17-9-5-3-6-10-17)22-21(19-13-14-19)18-11-7-4-8-12-18;5*1-2;/h3-12,15,19H,2,13-14H2,1H3;;;;;;/b20-15-,22-21?;;;;;;. The summed E-state index contributed by atoms with van der Waals surface area (Å²) in [6.07, 6.45) is 4.43. The van der Waals surface area contributed by atoms with Crippen LogP contribution in [0.1, 0.15) is 30.9 Å². The van der Waals surface area contributed by atoms with E-state index in [1.165, 1.54) is 24.1 Å². The van der Waals surface area contributed by atoms with E-state index in [4.69, 9.17) is 33.0 Å². The number of hydrogen-bond acceptors (Lipinski definition) is 2. The molecule has 0 radical (unpaired) electrons. The van der Waals surface area contributed by atoms with Crippen LogP contribution in [0.3, 0.4) is 0 Å². The van der Waals surface area contributed by atoms with E-state index in [0.29, 0.717) is 12.5 Å². The molecule has 0 N–H and O–H groups in total. The molecule has 1 aliphatic rings. The van der Waals surface area contributed by atoms with Gasteiger partial charge in [-0.2, -0.15) is 0 Å². The first-order chi connectivity index (χ1) is 16.8. The quantitative estimate of drug-likeness (QED) is 0.315. The fourth-order valence-corrected chi connectivity index (χ4v) is 2.93. The van der Waals surface area contributed by atoms with Crippen LogP contribution >= 0.6 is 0 Å². The van der Waals surface area contributed by atoms with Gasteiger partial charge in [-0.3, -0.25) is 0 Å². The molecule has 1 fully saturated rings. The van der Waals surface area contributed by atoms with Crippen LogP contribution in [0.15, 0.2) is 71.7 Å². The second kappa shape index (κ2) is 26.2. The summed E-state index contributed by atoms with van der Waals surface area (Å²) in [5, 5.41) is 0. The Labute approximate surface area is 208 Å². The van der Waals surface area contributed by atoms with Crippen molar-refractivity contribution < 1.29 is 43.8 Å². The van der Waals surface area contributed by atoms with Crippen molar-refractivity contribution in [1.82, 2.24) is 0 Å². The first kappa shape index (κ1) is 35.5. The van der Waals surface area contributed by atoms with Crippen molar-refractivity contribution in [2.24, 2.45) is 10.9 Å². The summed E-state index contributed by atoms with van der Waals surface area (Å²) in [4.78, 5) is 5.06. The summed E-state index contributed by atoms with van der Waals surface area (Å²) in [5.41, 5.74) is 4.41. The van der Waals surface area contributed by atoms with Gasteiger partial charge >= 0.3 is 208 Å². The van der Waals surface area contributed by atoms with Gasteiger partial charge in [0.1, 0.15) is 0 Å². The molecule has 0 aromatic heterocycles. The predicted molar refractivity (Wildman–Crippen MR) is 116 cm³/mol. The molecular weight excluding hydrogens is 474 g/mol. The number of aliphatic imine (C=N–C) groups is 1. The minimum atomic E-state index is 0.566. The molecule has 7 nitrogen and oxygen atoms in total. The molecule has 0 spiro atoms. The molecule has 1 saturated carbocycles. The molecule has 2 aromatic carbocycles. The molecule has 1 aliphatic carbocycles. The summed E-state index contributed by atoms with van der Waals surface area (Å²) in [7, 11) is 0. The number of ether oxygens (including phenoxy) is 1. The van der Waals surface area contributed by atoms with E-state index >= 15 is 0 Å². The monoisotopic (exact) mass is 495 g/mol. The first-order valence-corrected chi connectivity index (χ1v) is 10.0. The van der Waals surface area contributed by atoms with Crippen molar-refractivity contribution >= 4 is 16.0 Å². The third kappa shape index (κ3) is 14.9. The van der Waals surface area contributed by atoms with Gasteiger partial charge in [0.2, 0.25) is 0 Å². The Kier molecular flexibility index (Phi) is 27.3. The van der Waals surface area contributed by atoms with Gasteiger partial charge < -0.3 is 0 Å². The normalized spacial score (nSPS) is 11.1. The number of rotatable bonds is 7. The molecule has 0 aliphatic heterocycles. The second-order valence-electron chi connectivity index (χ2n) is 5.78. The summed E-state index contributed by atoms with van der Waals surface area (Å²) >= 11 is 2.98. The van der Waals surface area contributed by atoms with E-state index in [1.807, 2.05) is 37.3 Å². The van der Waals surface area contributed by atoms with Crippen LogP contribution in [-0.2, 0) is 43.8 Å². The molecule has 34 heavy (non-hydrogen) atoms. The molecule has 3 rings (SSSR count). The fourth-order valence-electron chi connectivity index (χ4n) is 2.57. The van der Waals surface area contributed by atoms with E-state index < -0.39 is 0 Å². The third-order valence-corrected chi connectivity index (χ3v) is 4.25. The summed E-state index contributed by atoms with van der Waals surface area (Å²) in [5.74, 6) is 0.566. The van der Waals surface area contributed by atoms with Crippen LogP contribution < -0.4 is 0 Å². The summed E-state index contributed by atoms with van der Waals surface area (Å²) in [6, 6.07) is 20.8. The minimum absolute atomic E-state index is 0.566. The van der Waals surface area contributed by atoms with Crippen LogP contribution in [0, 0.1) is 39.2 Å².